The molecule has 140 valence electrons. The molecule has 0 aromatic heterocycles. The first-order valence-electron chi connectivity index (χ1n) is 8.26. The third-order valence-electron chi connectivity index (χ3n) is 3.66. The van der Waals surface area contributed by atoms with Gasteiger partial charge in [0.2, 0.25) is 5.91 Å². The van der Waals surface area contributed by atoms with E-state index in [1.807, 2.05) is 0 Å². The summed E-state index contributed by atoms with van der Waals surface area (Å²) in [6, 6.07) is 12.9. The van der Waals surface area contributed by atoms with Gasteiger partial charge in [-0.1, -0.05) is 12.1 Å². The van der Waals surface area contributed by atoms with E-state index < -0.39 is 4.92 Å². The number of anilines is 1. The van der Waals surface area contributed by atoms with Crippen LogP contribution in [-0.2, 0) is 4.79 Å². The van der Waals surface area contributed by atoms with Crippen molar-refractivity contribution in [2.75, 3.05) is 25.5 Å². The van der Waals surface area contributed by atoms with Crippen molar-refractivity contribution in [3.63, 3.8) is 0 Å². The standard InChI is InChI=1S/C19H20N4O4/c1-20-19(25)15-5-2-14(3-6-15)4-11-18(24)22-13-12-21-16-7-9-17(10-8-16)23(26)27/h2-11,21H,12-13H2,1H3,(H,20,25)(H,22,24)/b11-4+. The predicted molar refractivity (Wildman–Crippen MR) is 103 cm³/mol. The predicted octanol–water partition coefficient (Wildman–Crippen LogP) is 2.20. The fourth-order valence-corrected chi connectivity index (χ4v) is 2.21. The maximum absolute atomic E-state index is 11.8. The number of nitro groups is 1. The van der Waals surface area contributed by atoms with Crippen LogP contribution in [0, 0.1) is 10.1 Å². The van der Waals surface area contributed by atoms with Crippen LogP contribution in [0.5, 0.6) is 0 Å². The van der Waals surface area contributed by atoms with Crippen LogP contribution in [-0.4, -0.2) is 36.9 Å². The highest BCUT2D eigenvalue weighted by molar-refractivity contribution is 5.94. The summed E-state index contributed by atoms with van der Waals surface area (Å²) in [4.78, 5) is 33.4. The van der Waals surface area contributed by atoms with E-state index in [1.165, 1.54) is 18.2 Å². The molecule has 0 saturated heterocycles. The van der Waals surface area contributed by atoms with Crippen molar-refractivity contribution in [1.82, 2.24) is 10.6 Å². The first-order valence-corrected chi connectivity index (χ1v) is 8.26. The topological polar surface area (TPSA) is 113 Å². The minimum absolute atomic E-state index is 0.0299. The Kier molecular flexibility index (Phi) is 7.07. The Hall–Kier alpha value is -3.68. The molecule has 0 radical (unpaired) electrons. The molecule has 8 heteroatoms. The van der Waals surface area contributed by atoms with Crippen LogP contribution in [0.1, 0.15) is 15.9 Å². The van der Waals surface area contributed by atoms with Gasteiger partial charge in [-0.25, -0.2) is 0 Å². The number of hydrogen-bond donors (Lipinski definition) is 3. The molecule has 0 spiro atoms. The van der Waals surface area contributed by atoms with E-state index in [0.29, 0.717) is 18.7 Å². The van der Waals surface area contributed by atoms with Crippen molar-refractivity contribution in [3.8, 4) is 0 Å². The molecule has 2 aromatic carbocycles. The number of hydrogen-bond acceptors (Lipinski definition) is 5. The molecule has 0 atom stereocenters. The lowest BCUT2D eigenvalue weighted by Gasteiger charge is -2.06. The summed E-state index contributed by atoms with van der Waals surface area (Å²) in [6.07, 6.45) is 3.08. The minimum atomic E-state index is -0.456. The molecule has 2 rings (SSSR count). The number of nitrogens with one attached hydrogen (secondary N) is 3. The quantitative estimate of drug-likeness (QED) is 0.286. The van der Waals surface area contributed by atoms with Crippen LogP contribution in [0.2, 0.25) is 0 Å². The van der Waals surface area contributed by atoms with Gasteiger partial charge in [0.1, 0.15) is 0 Å². The zero-order valence-corrected chi connectivity index (χ0v) is 14.8. The molecule has 0 aliphatic rings. The van der Waals surface area contributed by atoms with Crippen molar-refractivity contribution in [3.05, 3.63) is 75.8 Å². The van der Waals surface area contributed by atoms with E-state index in [1.54, 1.807) is 49.5 Å². The molecule has 0 bridgehead atoms. The summed E-state index contributed by atoms with van der Waals surface area (Å²) in [5.74, 6) is -0.403. The number of rotatable bonds is 8. The van der Waals surface area contributed by atoms with Gasteiger partial charge >= 0.3 is 0 Å². The third-order valence-corrected chi connectivity index (χ3v) is 3.66. The highest BCUT2D eigenvalue weighted by atomic mass is 16.6. The van der Waals surface area contributed by atoms with Crippen molar-refractivity contribution in [1.29, 1.82) is 0 Å². The lowest BCUT2D eigenvalue weighted by molar-refractivity contribution is -0.384. The molecular formula is C19H20N4O4. The summed E-state index contributed by atoms with van der Waals surface area (Å²) in [6.45, 7) is 0.883. The van der Waals surface area contributed by atoms with Gasteiger partial charge in [0, 0.05) is 49.6 Å². The Morgan fingerprint density at radius 2 is 1.70 bits per heavy atom. The van der Waals surface area contributed by atoms with Gasteiger partial charge in [0.05, 0.1) is 4.92 Å². The van der Waals surface area contributed by atoms with Crippen LogP contribution in [0.15, 0.2) is 54.6 Å². The molecule has 8 nitrogen and oxygen atoms in total. The molecule has 0 unspecified atom stereocenters. The highest BCUT2D eigenvalue weighted by Gasteiger charge is 2.04. The highest BCUT2D eigenvalue weighted by Crippen LogP contribution is 2.14. The second-order valence-electron chi connectivity index (χ2n) is 5.56. The van der Waals surface area contributed by atoms with Gasteiger partial charge < -0.3 is 16.0 Å². The van der Waals surface area contributed by atoms with Gasteiger partial charge in [0.25, 0.3) is 11.6 Å². The average Bonchev–Trinajstić information content (AvgIpc) is 2.69. The zero-order valence-electron chi connectivity index (χ0n) is 14.8. The fraction of sp³-hybridized carbons (Fsp3) is 0.158. The number of benzene rings is 2. The summed E-state index contributed by atoms with van der Waals surface area (Å²) >= 11 is 0. The molecule has 0 aliphatic carbocycles. The van der Waals surface area contributed by atoms with Gasteiger partial charge in [-0.05, 0) is 35.9 Å². The van der Waals surface area contributed by atoms with E-state index in [0.717, 1.165) is 11.3 Å². The van der Waals surface area contributed by atoms with Crippen LogP contribution < -0.4 is 16.0 Å². The monoisotopic (exact) mass is 368 g/mol. The van der Waals surface area contributed by atoms with E-state index in [9.17, 15) is 19.7 Å². The number of nitrogens with zero attached hydrogens (tertiary/aromatic N) is 1. The number of non-ortho nitro benzene ring substituents is 1. The summed E-state index contributed by atoms with van der Waals surface area (Å²) < 4.78 is 0. The van der Waals surface area contributed by atoms with E-state index in [2.05, 4.69) is 16.0 Å². The molecule has 3 N–H and O–H groups in total. The number of amides is 2. The number of carbonyl (C=O) groups excluding carboxylic acids is 2. The Morgan fingerprint density at radius 1 is 1.04 bits per heavy atom. The van der Waals surface area contributed by atoms with Gasteiger partial charge in [-0.2, -0.15) is 0 Å². The third kappa shape index (κ3) is 6.28. The smallest absolute Gasteiger partial charge is 0.269 e. The number of carbonyl (C=O) groups is 2. The van der Waals surface area contributed by atoms with E-state index in [4.69, 9.17) is 0 Å². The van der Waals surface area contributed by atoms with Crippen molar-refractivity contribution in [2.24, 2.45) is 0 Å². The SMILES string of the molecule is CNC(=O)c1ccc(/C=C/C(=O)NCCNc2ccc([N+](=O)[O-])cc2)cc1. The maximum atomic E-state index is 11.8. The molecule has 2 amide bonds. The zero-order chi connectivity index (χ0) is 19.6. The Labute approximate surface area is 156 Å². The van der Waals surface area contributed by atoms with Crippen LogP contribution in [0.25, 0.3) is 6.08 Å². The molecule has 0 saturated carbocycles. The second kappa shape index (κ2) is 9.71. The lowest BCUT2D eigenvalue weighted by Crippen LogP contribution is -2.27. The normalized spacial score (nSPS) is 10.4. The molecule has 27 heavy (non-hydrogen) atoms. The summed E-state index contributed by atoms with van der Waals surface area (Å²) in [5.41, 5.74) is 2.13. The van der Waals surface area contributed by atoms with Crippen LogP contribution in [0.4, 0.5) is 11.4 Å². The molecule has 0 fully saturated rings. The Balaban J connectivity index is 1.73. The van der Waals surface area contributed by atoms with Gasteiger partial charge in [-0.3, -0.25) is 19.7 Å². The summed E-state index contributed by atoms with van der Waals surface area (Å²) in [5, 5.41) is 18.9. The van der Waals surface area contributed by atoms with Gasteiger partial charge in [-0.15, -0.1) is 0 Å². The van der Waals surface area contributed by atoms with Crippen LogP contribution in [0.3, 0.4) is 0 Å². The minimum Gasteiger partial charge on any atom is -0.383 e. The molecular weight excluding hydrogens is 348 g/mol. The van der Waals surface area contributed by atoms with E-state index >= 15 is 0 Å². The molecule has 2 aromatic rings. The number of nitro benzene ring substituents is 1. The summed E-state index contributed by atoms with van der Waals surface area (Å²) in [7, 11) is 1.57. The Bertz CT molecular complexity index is 830. The van der Waals surface area contributed by atoms with Crippen molar-refractivity contribution < 1.29 is 14.5 Å². The Morgan fingerprint density at radius 3 is 2.30 bits per heavy atom. The van der Waals surface area contributed by atoms with Crippen LogP contribution >= 0.6 is 0 Å². The fourth-order valence-electron chi connectivity index (χ4n) is 2.21. The average molecular weight is 368 g/mol. The molecule has 0 heterocycles. The second-order valence-corrected chi connectivity index (χ2v) is 5.56. The lowest BCUT2D eigenvalue weighted by atomic mass is 10.1. The largest absolute Gasteiger partial charge is 0.383 e. The van der Waals surface area contributed by atoms with Gasteiger partial charge in [0.15, 0.2) is 0 Å². The van der Waals surface area contributed by atoms with E-state index in [-0.39, 0.29) is 17.5 Å². The maximum Gasteiger partial charge on any atom is 0.269 e. The first-order chi connectivity index (χ1) is 13.0. The first kappa shape index (κ1) is 19.6. The van der Waals surface area contributed by atoms with Crippen molar-refractivity contribution >= 4 is 29.3 Å². The molecule has 0 aliphatic heterocycles. The van der Waals surface area contributed by atoms with Crippen molar-refractivity contribution in [2.45, 2.75) is 0 Å².